The normalized spacial score (nSPS) is 10.8. The predicted molar refractivity (Wildman–Crippen MR) is 116 cm³/mol. The number of carbonyl (C=O) groups is 1. The van der Waals surface area contributed by atoms with Crippen LogP contribution in [0.2, 0.25) is 0 Å². The average molecular weight is 399 g/mol. The summed E-state index contributed by atoms with van der Waals surface area (Å²) < 4.78 is 0. The van der Waals surface area contributed by atoms with Gasteiger partial charge in [-0.05, 0) is 48.1 Å². The number of benzene rings is 1. The molecule has 27 heavy (non-hydrogen) atoms. The summed E-state index contributed by atoms with van der Waals surface area (Å²) in [6.45, 7) is 5.07. The zero-order valence-electron chi connectivity index (χ0n) is 15.3. The summed E-state index contributed by atoms with van der Waals surface area (Å²) in [4.78, 5) is 18.5. The standard InChI is InChI=1S/C20H22N4OS2/c1-13(2)9-10-21-20(26)24-23-19(25)15-12-17(18-8-5-11-27-18)22-16-7-4-3-6-14(15)16/h3-8,11-13H,9-10H2,1-2H3,(H,23,25)(H2,21,24,26). The van der Waals surface area contributed by atoms with E-state index in [2.05, 4.69) is 35.0 Å². The van der Waals surface area contributed by atoms with Gasteiger partial charge in [-0.2, -0.15) is 0 Å². The van der Waals surface area contributed by atoms with Crippen LogP contribution in [0.4, 0.5) is 0 Å². The van der Waals surface area contributed by atoms with Crippen LogP contribution >= 0.6 is 23.6 Å². The number of hydrogen-bond donors (Lipinski definition) is 3. The van der Waals surface area contributed by atoms with Crippen molar-refractivity contribution in [3.63, 3.8) is 0 Å². The molecule has 0 saturated carbocycles. The van der Waals surface area contributed by atoms with Gasteiger partial charge in [-0.1, -0.05) is 38.1 Å². The average Bonchev–Trinajstić information content (AvgIpc) is 3.19. The van der Waals surface area contributed by atoms with Crippen LogP contribution in [0.3, 0.4) is 0 Å². The van der Waals surface area contributed by atoms with Crippen molar-refractivity contribution >= 4 is 45.5 Å². The van der Waals surface area contributed by atoms with E-state index in [0.29, 0.717) is 16.6 Å². The minimum absolute atomic E-state index is 0.251. The first kappa shape index (κ1) is 19.3. The van der Waals surface area contributed by atoms with Crippen molar-refractivity contribution in [3.05, 3.63) is 53.4 Å². The quantitative estimate of drug-likeness (QED) is 0.446. The lowest BCUT2D eigenvalue weighted by Gasteiger charge is -2.13. The number of amides is 1. The van der Waals surface area contributed by atoms with Gasteiger partial charge in [0.15, 0.2) is 5.11 Å². The van der Waals surface area contributed by atoms with Gasteiger partial charge in [0.2, 0.25) is 0 Å². The Labute approximate surface area is 168 Å². The monoisotopic (exact) mass is 398 g/mol. The van der Waals surface area contributed by atoms with Crippen LogP contribution in [-0.2, 0) is 0 Å². The minimum atomic E-state index is -0.251. The maximum Gasteiger partial charge on any atom is 0.270 e. The molecule has 0 radical (unpaired) electrons. The number of thiocarbonyl (C=S) groups is 1. The van der Waals surface area contributed by atoms with Gasteiger partial charge >= 0.3 is 0 Å². The Morgan fingerprint density at radius 3 is 2.74 bits per heavy atom. The van der Waals surface area contributed by atoms with Gasteiger partial charge in [-0.15, -0.1) is 11.3 Å². The van der Waals surface area contributed by atoms with Gasteiger partial charge in [0.05, 0.1) is 21.7 Å². The summed E-state index contributed by atoms with van der Waals surface area (Å²) in [5.74, 6) is 0.341. The van der Waals surface area contributed by atoms with E-state index in [1.54, 1.807) is 11.3 Å². The molecule has 0 fully saturated rings. The molecule has 0 aliphatic heterocycles. The molecule has 5 nitrogen and oxygen atoms in total. The molecule has 1 aromatic carbocycles. The molecule has 0 unspecified atom stereocenters. The Hall–Kier alpha value is -2.51. The molecule has 1 amide bonds. The van der Waals surface area contributed by atoms with Crippen LogP contribution in [0.5, 0.6) is 0 Å². The molecule has 7 heteroatoms. The smallest absolute Gasteiger partial charge is 0.270 e. The molecule has 3 rings (SSSR count). The van der Waals surface area contributed by atoms with E-state index in [4.69, 9.17) is 12.2 Å². The summed E-state index contributed by atoms with van der Waals surface area (Å²) in [5, 5.41) is 6.29. The van der Waals surface area contributed by atoms with Crippen LogP contribution in [0.1, 0.15) is 30.6 Å². The first-order valence-corrected chi connectivity index (χ1v) is 10.1. The summed E-state index contributed by atoms with van der Waals surface area (Å²) >= 11 is 6.81. The number of nitrogens with one attached hydrogen (secondary N) is 3. The van der Waals surface area contributed by atoms with Crippen LogP contribution < -0.4 is 16.2 Å². The van der Waals surface area contributed by atoms with Crippen molar-refractivity contribution in [3.8, 4) is 10.6 Å². The van der Waals surface area contributed by atoms with E-state index in [0.717, 1.165) is 34.4 Å². The number of pyridine rings is 1. The van der Waals surface area contributed by atoms with E-state index in [1.807, 2.05) is 47.8 Å². The highest BCUT2D eigenvalue weighted by Crippen LogP contribution is 2.27. The first-order chi connectivity index (χ1) is 13.0. The Morgan fingerprint density at radius 2 is 2.00 bits per heavy atom. The molecule has 0 saturated heterocycles. The van der Waals surface area contributed by atoms with Crippen molar-refractivity contribution in [2.45, 2.75) is 20.3 Å². The van der Waals surface area contributed by atoms with Gasteiger partial charge in [0.25, 0.3) is 5.91 Å². The maximum atomic E-state index is 12.8. The molecule has 140 valence electrons. The Kier molecular flexibility index (Phi) is 6.36. The van der Waals surface area contributed by atoms with E-state index in [9.17, 15) is 4.79 Å². The van der Waals surface area contributed by atoms with Crippen molar-refractivity contribution < 1.29 is 4.79 Å². The second kappa shape index (κ2) is 8.92. The fraction of sp³-hybridized carbons (Fsp3) is 0.250. The minimum Gasteiger partial charge on any atom is -0.361 e. The number of para-hydroxylation sites is 1. The highest BCUT2D eigenvalue weighted by molar-refractivity contribution is 7.80. The molecule has 2 aromatic heterocycles. The van der Waals surface area contributed by atoms with Crippen LogP contribution in [0, 0.1) is 5.92 Å². The predicted octanol–water partition coefficient (Wildman–Crippen LogP) is 4.12. The van der Waals surface area contributed by atoms with Crippen LogP contribution in [0.25, 0.3) is 21.5 Å². The van der Waals surface area contributed by atoms with Crippen molar-refractivity contribution in [2.24, 2.45) is 5.92 Å². The van der Waals surface area contributed by atoms with E-state index >= 15 is 0 Å². The number of hydrogen-bond acceptors (Lipinski definition) is 4. The molecule has 0 atom stereocenters. The zero-order chi connectivity index (χ0) is 19.2. The highest BCUT2D eigenvalue weighted by atomic mass is 32.1. The Bertz CT molecular complexity index is 938. The lowest BCUT2D eigenvalue weighted by molar-refractivity contribution is 0.0945. The molecule has 0 spiro atoms. The maximum absolute atomic E-state index is 12.8. The molecule has 3 aromatic rings. The SMILES string of the molecule is CC(C)CCNC(=S)NNC(=O)c1cc(-c2cccs2)nc2ccccc12. The molecule has 0 aliphatic carbocycles. The topological polar surface area (TPSA) is 66.0 Å². The molecule has 0 bridgehead atoms. The second-order valence-electron chi connectivity index (χ2n) is 6.57. The summed E-state index contributed by atoms with van der Waals surface area (Å²) in [6.07, 6.45) is 1.01. The number of fused-ring (bicyclic) bond motifs is 1. The van der Waals surface area contributed by atoms with E-state index in [1.165, 1.54) is 0 Å². The fourth-order valence-corrected chi connectivity index (χ4v) is 3.45. The third-order valence-corrected chi connectivity index (χ3v) is 5.17. The number of aromatic nitrogens is 1. The Balaban J connectivity index is 1.76. The van der Waals surface area contributed by atoms with Gasteiger partial charge in [0, 0.05) is 11.9 Å². The van der Waals surface area contributed by atoms with Crippen molar-refractivity contribution in [2.75, 3.05) is 6.54 Å². The Morgan fingerprint density at radius 1 is 1.19 bits per heavy atom. The van der Waals surface area contributed by atoms with Gasteiger partial charge in [0.1, 0.15) is 0 Å². The van der Waals surface area contributed by atoms with E-state index in [-0.39, 0.29) is 5.91 Å². The fourth-order valence-electron chi connectivity index (χ4n) is 2.61. The molecular formula is C20H22N4OS2. The third kappa shape index (κ3) is 5.02. The number of rotatable bonds is 5. The summed E-state index contributed by atoms with van der Waals surface area (Å²) in [7, 11) is 0. The van der Waals surface area contributed by atoms with Crippen molar-refractivity contribution in [1.29, 1.82) is 0 Å². The highest BCUT2D eigenvalue weighted by Gasteiger charge is 2.14. The molecule has 0 aliphatic rings. The number of nitrogens with zero attached hydrogens (tertiary/aromatic N) is 1. The molecule has 2 heterocycles. The summed E-state index contributed by atoms with van der Waals surface area (Å²) in [6, 6.07) is 13.4. The lowest BCUT2D eigenvalue weighted by atomic mass is 10.1. The van der Waals surface area contributed by atoms with Gasteiger partial charge in [-0.3, -0.25) is 15.6 Å². The number of hydrazine groups is 1. The largest absolute Gasteiger partial charge is 0.361 e. The summed E-state index contributed by atoms with van der Waals surface area (Å²) in [5.41, 5.74) is 7.59. The van der Waals surface area contributed by atoms with Gasteiger partial charge in [-0.25, -0.2) is 4.98 Å². The van der Waals surface area contributed by atoms with Crippen molar-refractivity contribution in [1.82, 2.24) is 21.2 Å². The molecule has 3 N–H and O–H groups in total. The van der Waals surface area contributed by atoms with Gasteiger partial charge < -0.3 is 5.32 Å². The molecular weight excluding hydrogens is 376 g/mol. The van der Waals surface area contributed by atoms with Crippen LogP contribution in [0.15, 0.2) is 47.8 Å². The van der Waals surface area contributed by atoms with E-state index < -0.39 is 0 Å². The zero-order valence-corrected chi connectivity index (χ0v) is 16.9. The third-order valence-electron chi connectivity index (χ3n) is 4.03. The lowest BCUT2D eigenvalue weighted by Crippen LogP contribution is -2.47. The number of thiophene rings is 1. The number of carbonyl (C=O) groups excluding carboxylic acids is 1. The van der Waals surface area contributed by atoms with Crippen LogP contribution in [-0.4, -0.2) is 22.5 Å². The second-order valence-corrected chi connectivity index (χ2v) is 7.92. The first-order valence-electron chi connectivity index (χ1n) is 8.82.